The first-order valence-electron chi connectivity index (χ1n) is 10.2. The molecule has 0 aromatic heterocycles. The Morgan fingerprint density at radius 2 is 1.72 bits per heavy atom. The van der Waals surface area contributed by atoms with Crippen LogP contribution in [0.1, 0.15) is 64.7 Å². The van der Waals surface area contributed by atoms with Crippen molar-refractivity contribution in [2.24, 2.45) is 0 Å². The van der Waals surface area contributed by atoms with Gasteiger partial charge in [0.15, 0.2) is 0 Å². The second-order valence-corrected chi connectivity index (χ2v) is 6.72. The Hall–Kier alpha value is -2.88. The minimum absolute atomic E-state index is 0.125. The van der Waals surface area contributed by atoms with Crippen LogP contribution in [0.3, 0.4) is 0 Å². The summed E-state index contributed by atoms with van der Waals surface area (Å²) in [6.45, 7) is 17.7. The molecule has 0 bridgehead atoms. The van der Waals surface area contributed by atoms with E-state index in [-0.39, 0.29) is 11.9 Å². The maximum atomic E-state index is 10.5. The fourth-order valence-corrected chi connectivity index (χ4v) is 2.41. The van der Waals surface area contributed by atoms with Crippen LogP contribution in [0, 0.1) is 12.3 Å². The van der Waals surface area contributed by atoms with Crippen LogP contribution in [0.4, 0.5) is 5.69 Å². The summed E-state index contributed by atoms with van der Waals surface area (Å²) >= 11 is 0. The van der Waals surface area contributed by atoms with E-state index in [1.54, 1.807) is 6.92 Å². The third kappa shape index (κ3) is 10.3. The van der Waals surface area contributed by atoms with Gasteiger partial charge >= 0.3 is 0 Å². The maximum Gasteiger partial charge on any atom is 0.219 e. The number of rotatable bonds is 6. The molecule has 1 amide bonds. The molecule has 0 saturated carbocycles. The molecule has 2 rings (SSSR count). The number of benzene rings is 2. The number of nitrogens with one attached hydrogen (secondary N) is 3. The molecule has 0 saturated heterocycles. The fraction of sp³-hybridized carbons (Fsp3) is 0.360. The molecular weight excluding hydrogens is 358 g/mol. The summed E-state index contributed by atoms with van der Waals surface area (Å²) in [6, 6.07) is 16.3. The summed E-state index contributed by atoms with van der Waals surface area (Å²) in [4.78, 5) is 10.5. The predicted octanol–water partition coefficient (Wildman–Crippen LogP) is 6.41. The molecule has 0 radical (unpaired) electrons. The molecule has 29 heavy (non-hydrogen) atoms. The van der Waals surface area contributed by atoms with Gasteiger partial charge in [0.05, 0.1) is 0 Å². The Balaban J connectivity index is 0.000000664. The number of carbonyl (C=O) groups is 1. The highest BCUT2D eigenvalue weighted by Crippen LogP contribution is 2.21. The van der Waals surface area contributed by atoms with E-state index >= 15 is 0 Å². The van der Waals surface area contributed by atoms with Crippen molar-refractivity contribution in [1.82, 2.24) is 5.32 Å². The first kappa shape index (κ1) is 26.1. The minimum atomic E-state index is 0.125. The third-order valence-corrected chi connectivity index (χ3v) is 3.75. The molecule has 0 atom stereocenters. The van der Waals surface area contributed by atoms with Crippen LogP contribution >= 0.6 is 0 Å². The molecule has 0 aliphatic heterocycles. The lowest BCUT2D eigenvalue weighted by Crippen LogP contribution is -2.29. The van der Waals surface area contributed by atoms with Gasteiger partial charge in [-0.15, -0.1) is 0 Å². The molecule has 2 aromatic carbocycles. The van der Waals surface area contributed by atoms with E-state index in [1.165, 1.54) is 5.56 Å². The second-order valence-electron chi connectivity index (χ2n) is 6.72. The van der Waals surface area contributed by atoms with E-state index in [4.69, 9.17) is 5.41 Å². The molecule has 0 unspecified atom stereocenters. The number of para-hydroxylation sites is 1. The van der Waals surface area contributed by atoms with Crippen molar-refractivity contribution in [2.45, 2.75) is 60.9 Å². The van der Waals surface area contributed by atoms with Gasteiger partial charge in [-0.05, 0) is 45.4 Å². The number of aryl methyl sites for hydroxylation is 1. The van der Waals surface area contributed by atoms with E-state index in [9.17, 15) is 4.79 Å². The van der Waals surface area contributed by atoms with Gasteiger partial charge in [-0.25, -0.2) is 0 Å². The highest BCUT2D eigenvalue weighted by Gasteiger charge is 2.05. The topological polar surface area (TPSA) is 65.0 Å². The van der Waals surface area contributed by atoms with Gasteiger partial charge in [-0.3, -0.25) is 4.79 Å². The lowest BCUT2D eigenvalue weighted by molar-refractivity contribution is -0.121. The molecule has 0 spiro atoms. The van der Waals surface area contributed by atoms with Crippen molar-refractivity contribution in [3.8, 4) is 0 Å². The van der Waals surface area contributed by atoms with Gasteiger partial charge in [-0.2, -0.15) is 0 Å². The molecule has 2 aromatic rings. The molecule has 3 N–H and O–H groups in total. The van der Waals surface area contributed by atoms with E-state index in [0.717, 1.165) is 22.5 Å². The van der Waals surface area contributed by atoms with E-state index < -0.39 is 0 Å². The summed E-state index contributed by atoms with van der Waals surface area (Å²) in [6.07, 6.45) is 0.582. The standard InChI is InChI=1S/C17H18N2.C6H13NO.C2H6/c1-12-7-6-8-15(11-12)14(3)19-17-10-5-4-9-16(17)13(2)18;1-4-6(8)7-5(2)3;1-2/h4-11,18-19H,3H2,1-2H3;5H,4H2,1-3H3,(H,7,8);1-2H3. The zero-order chi connectivity index (χ0) is 22.4. The SMILES string of the molecule is C=C(Nc1ccccc1C(C)=N)c1cccc(C)c1.CC.CCC(=O)NC(C)C. The van der Waals surface area contributed by atoms with Gasteiger partial charge in [-0.1, -0.05) is 69.3 Å². The van der Waals surface area contributed by atoms with Crippen molar-refractivity contribution in [3.05, 3.63) is 71.8 Å². The maximum absolute atomic E-state index is 10.5. The second kappa shape index (κ2) is 14.2. The molecule has 4 heteroatoms. The zero-order valence-corrected chi connectivity index (χ0v) is 19.0. The largest absolute Gasteiger partial charge is 0.355 e. The zero-order valence-electron chi connectivity index (χ0n) is 19.0. The number of anilines is 1. The van der Waals surface area contributed by atoms with Crippen molar-refractivity contribution in [1.29, 1.82) is 5.41 Å². The number of carbonyl (C=O) groups excluding carboxylic acids is 1. The molecule has 4 nitrogen and oxygen atoms in total. The normalized spacial score (nSPS) is 9.38. The summed E-state index contributed by atoms with van der Waals surface area (Å²) in [5.41, 5.74) is 5.48. The molecular formula is C25H37N3O. The lowest BCUT2D eigenvalue weighted by atomic mass is 10.1. The summed E-state index contributed by atoms with van der Waals surface area (Å²) in [5.74, 6) is 0.125. The average molecular weight is 396 g/mol. The monoisotopic (exact) mass is 395 g/mol. The van der Waals surface area contributed by atoms with Crippen molar-refractivity contribution >= 4 is 23.0 Å². The fourth-order valence-electron chi connectivity index (χ4n) is 2.41. The Kier molecular flexibility index (Phi) is 12.8. The number of hydrogen-bond donors (Lipinski definition) is 3. The van der Waals surface area contributed by atoms with Crippen molar-refractivity contribution in [2.75, 3.05) is 5.32 Å². The minimum Gasteiger partial charge on any atom is -0.355 e. The predicted molar refractivity (Wildman–Crippen MR) is 128 cm³/mol. The first-order chi connectivity index (χ1) is 13.7. The third-order valence-electron chi connectivity index (χ3n) is 3.75. The highest BCUT2D eigenvalue weighted by molar-refractivity contribution is 6.02. The molecule has 0 fully saturated rings. The summed E-state index contributed by atoms with van der Waals surface area (Å²) in [5, 5.41) is 13.8. The molecule has 0 aliphatic rings. The van der Waals surface area contributed by atoms with Gasteiger partial charge < -0.3 is 16.0 Å². The van der Waals surface area contributed by atoms with Crippen molar-refractivity contribution in [3.63, 3.8) is 0 Å². The Labute approximate surface area is 177 Å². The summed E-state index contributed by atoms with van der Waals surface area (Å²) < 4.78 is 0. The molecule has 0 heterocycles. The molecule has 0 aliphatic carbocycles. The number of amides is 1. The van der Waals surface area contributed by atoms with Crippen LogP contribution in [0.25, 0.3) is 5.70 Å². The quantitative estimate of drug-likeness (QED) is 0.495. The van der Waals surface area contributed by atoms with Crippen LogP contribution in [-0.2, 0) is 4.79 Å². The summed E-state index contributed by atoms with van der Waals surface area (Å²) in [7, 11) is 0. The average Bonchev–Trinajstić information content (AvgIpc) is 2.69. The van der Waals surface area contributed by atoms with E-state index in [1.807, 2.05) is 71.0 Å². The lowest BCUT2D eigenvalue weighted by Gasteiger charge is -2.14. The Morgan fingerprint density at radius 3 is 2.21 bits per heavy atom. The van der Waals surface area contributed by atoms with Crippen LogP contribution < -0.4 is 10.6 Å². The smallest absolute Gasteiger partial charge is 0.219 e. The number of hydrogen-bond acceptors (Lipinski definition) is 3. The Morgan fingerprint density at radius 1 is 1.10 bits per heavy atom. The highest BCUT2D eigenvalue weighted by atomic mass is 16.1. The van der Waals surface area contributed by atoms with E-state index in [0.29, 0.717) is 12.1 Å². The van der Waals surface area contributed by atoms with Crippen LogP contribution in [0.15, 0.2) is 55.1 Å². The van der Waals surface area contributed by atoms with Crippen molar-refractivity contribution < 1.29 is 4.79 Å². The Bertz CT molecular complexity index is 794. The van der Waals surface area contributed by atoms with Gasteiger partial charge in [0.1, 0.15) is 0 Å². The van der Waals surface area contributed by atoms with Gasteiger partial charge in [0.2, 0.25) is 5.91 Å². The molecule has 158 valence electrons. The van der Waals surface area contributed by atoms with Crippen LogP contribution in [0.2, 0.25) is 0 Å². The van der Waals surface area contributed by atoms with Crippen LogP contribution in [-0.4, -0.2) is 17.7 Å². The first-order valence-corrected chi connectivity index (χ1v) is 10.2. The van der Waals surface area contributed by atoms with Gasteiger partial charge in [0.25, 0.3) is 0 Å². The van der Waals surface area contributed by atoms with Gasteiger partial charge in [0, 0.05) is 35.1 Å². The van der Waals surface area contributed by atoms with Crippen LogP contribution in [0.5, 0.6) is 0 Å². The van der Waals surface area contributed by atoms with E-state index in [2.05, 4.69) is 36.3 Å².